The van der Waals surface area contributed by atoms with Gasteiger partial charge in [0.1, 0.15) is 11.3 Å². The smallest absolute Gasteiger partial charge is 0.124 e. The molecular weight excluding hydrogens is 272 g/mol. The first kappa shape index (κ1) is 13.8. The number of hydrogen-bond donors (Lipinski definition) is 0. The molecule has 4 nitrogen and oxygen atoms in total. The molecule has 0 atom stereocenters. The average Bonchev–Trinajstić information content (AvgIpc) is 2.84. The Morgan fingerprint density at radius 3 is 2.90 bits per heavy atom. The Bertz CT molecular complexity index is 572. The lowest BCUT2D eigenvalue weighted by atomic mass is 9.94. The van der Waals surface area contributed by atoms with Gasteiger partial charge in [-0.3, -0.25) is 4.98 Å². The van der Waals surface area contributed by atoms with Crippen LogP contribution in [0, 0.1) is 5.92 Å². The van der Waals surface area contributed by atoms with E-state index in [1.165, 1.54) is 32.4 Å². The molecule has 3 heterocycles. The van der Waals surface area contributed by atoms with E-state index in [9.17, 15) is 0 Å². The summed E-state index contributed by atoms with van der Waals surface area (Å²) < 4.78 is 2.27. The van der Waals surface area contributed by atoms with E-state index in [-0.39, 0.29) is 0 Å². The van der Waals surface area contributed by atoms with Gasteiger partial charge in [0.15, 0.2) is 0 Å². The van der Waals surface area contributed by atoms with Crippen LogP contribution in [0.15, 0.2) is 18.5 Å². The summed E-state index contributed by atoms with van der Waals surface area (Å²) in [5, 5.41) is 0. The molecule has 0 spiro atoms. The molecule has 0 amide bonds. The molecule has 1 fully saturated rings. The minimum atomic E-state index is 0.460. The van der Waals surface area contributed by atoms with E-state index in [2.05, 4.69) is 26.5 Å². The van der Waals surface area contributed by atoms with Gasteiger partial charge in [-0.25, -0.2) is 4.98 Å². The number of fused-ring (bicyclic) bond motifs is 1. The van der Waals surface area contributed by atoms with Crippen LogP contribution < -0.4 is 0 Å². The molecule has 0 radical (unpaired) electrons. The zero-order valence-corrected chi connectivity index (χ0v) is 12.7. The van der Waals surface area contributed by atoms with Crippen molar-refractivity contribution in [3.8, 4) is 0 Å². The summed E-state index contributed by atoms with van der Waals surface area (Å²) in [7, 11) is 2.21. The first-order valence-corrected chi connectivity index (χ1v) is 7.85. The summed E-state index contributed by atoms with van der Waals surface area (Å²) in [5.74, 6) is 2.25. The summed E-state index contributed by atoms with van der Waals surface area (Å²) in [6, 6.07) is 2.03. The van der Waals surface area contributed by atoms with Crippen LogP contribution in [0.5, 0.6) is 0 Å². The topological polar surface area (TPSA) is 34.0 Å². The van der Waals surface area contributed by atoms with E-state index in [4.69, 9.17) is 11.6 Å². The fraction of sp³-hybridized carbons (Fsp3) is 0.600. The number of pyridine rings is 1. The molecule has 0 saturated carbocycles. The van der Waals surface area contributed by atoms with Gasteiger partial charge in [-0.05, 0) is 51.4 Å². The molecule has 5 heteroatoms. The lowest BCUT2D eigenvalue weighted by Crippen LogP contribution is -2.30. The zero-order valence-electron chi connectivity index (χ0n) is 11.9. The maximum atomic E-state index is 6.03. The number of aromatic nitrogens is 3. The number of halogens is 1. The van der Waals surface area contributed by atoms with Crippen molar-refractivity contribution < 1.29 is 0 Å². The van der Waals surface area contributed by atoms with Gasteiger partial charge in [-0.1, -0.05) is 0 Å². The van der Waals surface area contributed by atoms with Gasteiger partial charge in [0.2, 0.25) is 0 Å². The van der Waals surface area contributed by atoms with Crippen LogP contribution in [0.4, 0.5) is 0 Å². The molecule has 1 saturated heterocycles. The first-order chi connectivity index (χ1) is 9.78. The predicted octanol–water partition coefficient (Wildman–Crippen LogP) is 2.90. The maximum absolute atomic E-state index is 6.03. The van der Waals surface area contributed by atoms with E-state index in [1.807, 2.05) is 18.5 Å². The van der Waals surface area contributed by atoms with Crippen molar-refractivity contribution in [2.24, 2.45) is 5.92 Å². The third-order valence-electron chi connectivity index (χ3n) is 4.35. The molecule has 1 aliphatic heterocycles. The van der Waals surface area contributed by atoms with Gasteiger partial charge in [0.25, 0.3) is 0 Å². The van der Waals surface area contributed by atoms with Crippen LogP contribution in [-0.2, 0) is 12.4 Å². The SMILES string of the molecule is CN1CCC(CCn2c(CCl)nc3cnccc32)CC1. The van der Waals surface area contributed by atoms with Crippen molar-refractivity contribution in [3.63, 3.8) is 0 Å². The lowest BCUT2D eigenvalue weighted by Gasteiger charge is -2.29. The van der Waals surface area contributed by atoms with Crippen LogP contribution in [-0.4, -0.2) is 39.6 Å². The molecule has 0 aliphatic carbocycles. The Kier molecular flexibility index (Phi) is 4.22. The fourth-order valence-corrected chi connectivity index (χ4v) is 3.25. The highest BCUT2D eigenvalue weighted by Gasteiger charge is 2.17. The number of nitrogens with zero attached hydrogens (tertiary/aromatic N) is 4. The molecule has 0 bridgehead atoms. The molecule has 108 valence electrons. The number of likely N-dealkylation sites (tertiary alicyclic amines) is 1. The maximum Gasteiger partial charge on any atom is 0.124 e. The van der Waals surface area contributed by atoms with Crippen LogP contribution in [0.3, 0.4) is 0 Å². The Balaban J connectivity index is 1.73. The van der Waals surface area contributed by atoms with E-state index in [0.29, 0.717) is 5.88 Å². The van der Waals surface area contributed by atoms with Crippen molar-refractivity contribution in [1.29, 1.82) is 0 Å². The lowest BCUT2D eigenvalue weighted by molar-refractivity contribution is 0.208. The van der Waals surface area contributed by atoms with Gasteiger partial charge in [0.05, 0.1) is 17.6 Å². The molecule has 0 N–H and O–H groups in total. The van der Waals surface area contributed by atoms with Crippen molar-refractivity contribution >= 4 is 22.6 Å². The minimum Gasteiger partial charge on any atom is -0.327 e. The Morgan fingerprint density at radius 1 is 1.35 bits per heavy atom. The van der Waals surface area contributed by atoms with Crippen molar-refractivity contribution in [3.05, 3.63) is 24.3 Å². The van der Waals surface area contributed by atoms with Crippen molar-refractivity contribution in [2.75, 3.05) is 20.1 Å². The van der Waals surface area contributed by atoms with Crippen LogP contribution in [0.25, 0.3) is 11.0 Å². The molecule has 2 aromatic rings. The standard InChI is InChI=1S/C15H21ClN4/c1-19-7-3-12(4-8-19)5-9-20-14-2-6-17-11-13(14)18-15(20)10-16/h2,6,11-12H,3-5,7-10H2,1H3. The molecule has 0 unspecified atom stereocenters. The third kappa shape index (κ3) is 2.81. The summed E-state index contributed by atoms with van der Waals surface area (Å²) in [6.45, 7) is 3.46. The quantitative estimate of drug-likeness (QED) is 0.813. The molecule has 2 aromatic heterocycles. The molecule has 20 heavy (non-hydrogen) atoms. The van der Waals surface area contributed by atoms with Gasteiger partial charge >= 0.3 is 0 Å². The monoisotopic (exact) mass is 292 g/mol. The summed E-state index contributed by atoms with van der Waals surface area (Å²) in [6.07, 6.45) is 7.47. The Labute approximate surface area is 124 Å². The third-order valence-corrected chi connectivity index (χ3v) is 4.59. The van der Waals surface area contributed by atoms with E-state index in [0.717, 1.165) is 29.3 Å². The highest BCUT2D eigenvalue weighted by Crippen LogP contribution is 2.23. The largest absolute Gasteiger partial charge is 0.327 e. The summed E-state index contributed by atoms with van der Waals surface area (Å²) in [4.78, 5) is 11.1. The molecule has 0 aromatic carbocycles. The number of imidazole rings is 1. The number of piperidine rings is 1. The van der Waals surface area contributed by atoms with Gasteiger partial charge in [-0.15, -0.1) is 11.6 Å². The number of rotatable bonds is 4. The number of hydrogen-bond acceptors (Lipinski definition) is 3. The van der Waals surface area contributed by atoms with E-state index in [1.54, 1.807) is 0 Å². The van der Waals surface area contributed by atoms with E-state index >= 15 is 0 Å². The van der Waals surface area contributed by atoms with Gasteiger partial charge < -0.3 is 9.47 Å². The minimum absolute atomic E-state index is 0.460. The summed E-state index contributed by atoms with van der Waals surface area (Å²) in [5.41, 5.74) is 2.11. The van der Waals surface area contributed by atoms with Gasteiger partial charge in [0, 0.05) is 12.7 Å². The van der Waals surface area contributed by atoms with Crippen molar-refractivity contribution in [2.45, 2.75) is 31.7 Å². The normalized spacial score (nSPS) is 17.9. The number of aryl methyl sites for hydroxylation is 1. The Hall–Kier alpha value is -1.13. The second-order valence-electron chi connectivity index (χ2n) is 5.71. The molecule has 3 rings (SSSR count). The van der Waals surface area contributed by atoms with E-state index < -0.39 is 0 Å². The van der Waals surface area contributed by atoms with Crippen LogP contribution in [0.1, 0.15) is 25.1 Å². The predicted molar refractivity (Wildman–Crippen MR) is 81.9 cm³/mol. The van der Waals surface area contributed by atoms with Gasteiger partial charge in [-0.2, -0.15) is 0 Å². The second kappa shape index (κ2) is 6.10. The van der Waals surface area contributed by atoms with Crippen LogP contribution >= 0.6 is 11.6 Å². The molecular formula is C15H21ClN4. The second-order valence-corrected chi connectivity index (χ2v) is 5.98. The fourth-order valence-electron chi connectivity index (χ4n) is 3.05. The van der Waals surface area contributed by atoms with Crippen molar-refractivity contribution in [1.82, 2.24) is 19.4 Å². The molecule has 1 aliphatic rings. The first-order valence-electron chi connectivity index (χ1n) is 7.31. The highest BCUT2D eigenvalue weighted by atomic mass is 35.5. The highest BCUT2D eigenvalue weighted by molar-refractivity contribution is 6.16. The van der Waals surface area contributed by atoms with Crippen LogP contribution in [0.2, 0.25) is 0 Å². The summed E-state index contributed by atoms with van der Waals surface area (Å²) >= 11 is 6.03. The Morgan fingerprint density at radius 2 is 2.15 bits per heavy atom. The number of alkyl halides is 1. The zero-order chi connectivity index (χ0) is 13.9. The average molecular weight is 293 g/mol.